The minimum atomic E-state index is -0.109. The normalized spacial score (nSPS) is 18.9. The van der Waals surface area contributed by atoms with Crippen LogP contribution in [0.5, 0.6) is 0 Å². The highest BCUT2D eigenvalue weighted by Gasteiger charge is 2.39. The molecule has 0 saturated heterocycles. The fourth-order valence-electron chi connectivity index (χ4n) is 3.93. The summed E-state index contributed by atoms with van der Waals surface area (Å²) in [6.45, 7) is 7.69. The standard InChI is InChI=1S/C19H30FN/c1-4-12-21-18(19(5-2)10-6-7-11-19)14-16-13-17(20)9-8-15(16)3/h8-9,13,18,21H,4-7,10-12,14H2,1-3H3. The van der Waals surface area contributed by atoms with Gasteiger partial charge in [-0.1, -0.05) is 32.8 Å². The summed E-state index contributed by atoms with van der Waals surface area (Å²) in [5.41, 5.74) is 2.79. The van der Waals surface area contributed by atoms with Crippen molar-refractivity contribution in [3.63, 3.8) is 0 Å². The van der Waals surface area contributed by atoms with Gasteiger partial charge in [-0.25, -0.2) is 4.39 Å². The molecule has 2 heteroatoms. The molecule has 2 rings (SSSR count). The molecular formula is C19H30FN. The van der Waals surface area contributed by atoms with Crippen LogP contribution >= 0.6 is 0 Å². The van der Waals surface area contributed by atoms with Gasteiger partial charge in [0.15, 0.2) is 0 Å². The first-order valence-electron chi connectivity index (χ1n) is 8.59. The van der Waals surface area contributed by atoms with Gasteiger partial charge in [0.25, 0.3) is 0 Å². The Morgan fingerprint density at radius 1 is 1.24 bits per heavy atom. The zero-order chi connectivity index (χ0) is 15.3. The average Bonchev–Trinajstić information content (AvgIpc) is 2.97. The lowest BCUT2D eigenvalue weighted by molar-refractivity contribution is 0.184. The first-order valence-corrected chi connectivity index (χ1v) is 8.59. The van der Waals surface area contributed by atoms with Crippen molar-refractivity contribution in [2.45, 2.75) is 71.8 Å². The van der Waals surface area contributed by atoms with Gasteiger partial charge < -0.3 is 5.32 Å². The molecule has 1 unspecified atom stereocenters. The van der Waals surface area contributed by atoms with Gasteiger partial charge in [-0.3, -0.25) is 0 Å². The highest BCUT2D eigenvalue weighted by Crippen LogP contribution is 2.45. The number of benzene rings is 1. The van der Waals surface area contributed by atoms with Crippen LogP contribution < -0.4 is 5.32 Å². The molecule has 1 N–H and O–H groups in total. The molecule has 0 heterocycles. The Balaban J connectivity index is 2.21. The predicted molar refractivity (Wildman–Crippen MR) is 88.1 cm³/mol. The van der Waals surface area contributed by atoms with Gasteiger partial charge in [0.05, 0.1) is 0 Å². The summed E-state index contributed by atoms with van der Waals surface area (Å²) in [7, 11) is 0. The van der Waals surface area contributed by atoms with E-state index in [0.717, 1.165) is 19.4 Å². The molecule has 0 bridgehead atoms. The van der Waals surface area contributed by atoms with Crippen molar-refractivity contribution < 1.29 is 4.39 Å². The Bertz CT molecular complexity index is 449. The molecule has 1 aromatic rings. The van der Waals surface area contributed by atoms with Gasteiger partial charge in [0.1, 0.15) is 5.82 Å². The van der Waals surface area contributed by atoms with Crippen LogP contribution in [0.2, 0.25) is 0 Å². The van der Waals surface area contributed by atoms with Gasteiger partial charge in [0, 0.05) is 6.04 Å². The summed E-state index contributed by atoms with van der Waals surface area (Å²) in [4.78, 5) is 0. The van der Waals surface area contributed by atoms with Crippen LogP contribution in [0.4, 0.5) is 4.39 Å². The third-order valence-corrected chi connectivity index (χ3v) is 5.42. The SMILES string of the molecule is CCCNC(Cc1cc(F)ccc1C)C1(CC)CCCC1. The molecule has 1 atom stereocenters. The Hall–Kier alpha value is -0.890. The maximum Gasteiger partial charge on any atom is 0.123 e. The molecule has 0 spiro atoms. The van der Waals surface area contributed by atoms with E-state index in [1.165, 1.54) is 43.2 Å². The summed E-state index contributed by atoms with van der Waals surface area (Å²) < 4.78 is 13.6. The highest BCUT2D eigenvalue weighted by atomic mass is 19.1. The van der Waals surface area contributed by atoms with Gasteiger partial charge in [-0.05, 0) is 74.2 Å². The van der Waals surface area contributed by atoms with Crippen molar-refractivity contribution >= 4 is 0 Å². The minimum Gasteiger partial charge on any atom is -0.313 e. The van der Waals surface area contributed by atoms with E-state index in [9.17, 15) is 4.39 Å². The molecule has 1 aliphatic rings. The first kappa shape index (κ1) is 16.5. The molecule has 0 radical (unpaired) electrons. The average molecular weight is 291 g/mol. The number of hydrogen-bond donors (Lipinski definition) is 1. The van der Waals surface area contributed by atoms with Crippen LogP contribution in [-0.4, -0.2) is 12.6 Å². The highest BCUT2D eigenvalue weighted by molar-refractivity contribution is 5.28. The zero-order valence-corrected chi connectivity index (χ0v) is 13.8. The van der Waals surface area contributed by atoms with Crippen LogP contribution in [0.15, 0.2) is 18.2 Å². The number of aryl methyl sites for hydroxylation is 1. The molecular weight excluding hydrogens is 261 g/mol. The van der Waals surface area contributed by atoms with E-state index in [1.807, 2.05) is 6.07 Å². The van der Waals surface area contributed by atoms with Gasteiger partial charge in [-0.15, -0.1) is 0 Å². The van der Waals surface area contributed by atoms with Crippen molar-refractivity contribution in [3.8, 4) is 0 Å². The van der Waals surface area contributed by atoms with Crippen LogP contribution in [0, 0.1) is 18.2 Å². The second kappa shape index (κ2) is 7.40. The summed E-state index contributed by atoms with van der Waals surface area (Å²) in [6.07, 6.45) is 8.66. The lowest BCUT2D eigenvalue weighted by Gasteiger charge is -2.38. The van der Waals surface area contributed by atoms with Crippen LogP contribution in [-0.2, 0) is 6.42 Å². The topological polar surface area (TPSA) is 12.0 Å². The quantitative estimate of drug-likeness (QED) is 0.744. The number of nitrogens with one attached hydrogen (secondary N) is 1. The van der Waals surface area contributed by atoms with E-state index in [2.05, 4.69) is 26.1 Å². The third kappa shape index (κ3) is 3.85. The molecule has 0 aromatic heterocycles. The molecule has 1 nitrogen and oxygen atoms in total. The summed E-state index contributed by atoms with van der Waals surface area (Å²) in [5, 5.41) is 3.78. The van der Waals surface area contributed by atoms with Crippen molar-refractivity contribution in [1.29, 1.82) is 0 Å². The van der Waals surface area contributed by atoms with Crippen LogP contribution in [0.25, 0.3) is 0 Å². The summed E-state index contributed by atoms with van der Waals surface area (Å²) in [6, 6.07) is 5.69. The zero-order valence-electron chi connectivity index (χ0n) is 13.8. The van der Waals surface area contributed by atoms with Gasteiger partial charge in [-0.2, -0.15) is 0 Å². The number of rotatable bonds is 7. The fourth-order valence-corrected chi connectivity index (χ4v) is 3.93. The van der Waals surface area contributed by atoms with E-state index in [1.54, 1.807) is 12.1 Å². The fraction of sp³-hybridized carbons (Fsp3) is 0.684. The number of halogens is 1. The molecule has 0 aliphatic heterocycles. The summed E-state index contributed by atoms with van der Waals surface area (Å²) in [5.74, 6) is -0.109. The van der Waals surface area contributed by atoms with Crippen LogP contribution in [0.1, 0.15) is 63.5 Å². The van der Waals surface area contributed by atoms with Gasteiger partial charge in [0.2, 0.25) is 0 Å². The Morgan fingerprint density at radius 2 is 1.95 bits per heavy atom. The summed E-state index contributed by atoms with van der Waals surface area (Å²) >= 11 is 0. The molecule has 118 valence electrons. The number of hydrogen-bond acceptors (Lipinski definition) is 1. The maximum absolute atomic E-state index is 13.6. The molecule has 1 aliphatic carbocycles. The molecule has 1 saturated carbocycles. The predicted octanol–water partition coefficient (Wildman–Crippen LogP) is 5.02. The monoisotopic (exact) mass is 291 g/mol. The lowest BCUT2D eigenvalue weighted by Crippen LogP contribution is -2.45. The van der Waals surface area contributed by atoms with E-state index in [4.69, 9.17) is 0 Å². The molecule has 1 fully saturated rings. The van der Waals surface area contributed by atoms with Crippen molar-refractivity contribution in [2.24, 2.45) is 5.41 Å². The van der Waals surface area contributed by atoms with Crippen molar-refractivity contribution in [3.05, 3.63) is 35.1 Å². The Kier molecular flexibility index (Phi) is 5.80. The van der Waals surface area contributed by atoms with Crippen LogP contribution in [0.3, 0.4) is 0 Å². The Morgan fingerprint density at radius 3 is 2.57 bits per heavy atom. The molecule has 21 heavy (non-hydrogen) atoms. The van der Waals surface area contributed by atoms with E-state index < -0.39 is 0 Å². The van der Waals surface area contributed by atoms with E-state index >= 15 is 0 Å². The first-order chi connectivity index (χ1) is 10.1. The maximum atomic E-state index is 13.6. The largest absolute Gasteiger partial charge is 0.313 e. The van der Waals surface area contributed by atoms with E-state index in [0.29, 0.717) is 11.5 Å². The molecule has 1 aromatic carbocycles. The second-order valence-electron chi connectivity index (χ2n) is 6.70. The Labute approximate surface area is 129 Å². The lowest BCUT2D eigenvalue weighted by atomic mass is 9.73. The van der Waals surface area contributed by atoms with E-state index in [-0.39, 0.29) is 5.82 Å². The minimum absolute atomic E-state index is 0.109. The smallest absolute Gasteiger partial charge is 0.123 e. The second-order valence-corrected chi connectivity index (χ2v) is 6.70. The van der Waals surface area contributed by atoms with Gasteiger partial charge >= 0.3 is 0 Å². The van der Waals surface area contributed by atoms with Crippen molar-refractivity contribution in [2.75, 3.05) is 6.54 Å². The third-order valence-electron chi connectivity index (χ3n) is 5.42. The molecule has 0 amide bonds. The van der Waals surface area contributed by atoms with Crippen molar-refractivity contribution in [1.82, 2.24) is 5.32 Å².